The maximum Gasteiger partial charge on any atom is 0.363 e. The summed E-state index contributed by atoms with van der Waals surface area (Å²) in [6.45, 7) is 0. The lowest BCUT2D eigenvalue weighted by atomic mass is 10.1. The van der Waals surface area contributed by atoms with Crippen LogP contribution in [0.3, 0.4) is 0 Å². The molecule has 2 rings (SSSR count). The molecule has 0 aliphatic rings. The van der Waals surface area contributed by atoms with Gasteiger partial charge in [-0.2, -0.15) is 4.39 Å². The SMILES string of the molecule is O=S(=O)(c1[nH]c(-c2ccc(Cl)c(Cl)c2)c(Br)c1Br)C(F)(Cl)Cl. The minimum Gasteiger partial charge on any atom is -0.344 e. The van der Waals surface area contributed by atoms with E-state index in [1.807, 2.05) is 0 Å². The number of sulfone groups is 1. The van der Waals surface area contributed by atoms with E-state index >= 15 is 0 Å². The first-order valence-corrected chi connectivity index (χ1v) is 9.88. The predicted molar refractivity (Wildman–Crippen MR) is 94.4 cm³/mol. The van der Waals surface area contributed by atoms with Crippen LogP contribution >= 0.6 is 78.3 Å². The maximum absolute atomic E-state index is 13.5. The molecule has 0 radical (unpaired) electrons. The van der Waals surface area contributed by atoms with Crippen LogP contribution < -0.4 is 0 Å². The van der Waals surface area contributed by atoms with E-state index in [0.29, 0.717) is 20.8 Å². The van der Waals surface area contributed by atoms with Gasteiger partial charge in [0, 0.05) is 5.56 Å². The Morgan fingerprint density at radius 2 is 1.68 bits per heavy atom. The van der Waals surface area contributed by atoms with Crippen molar-refractivity contribution in [3.63, 3.8) is 0 Å². The number of benzene rings is 1. The van der Waals surface area contributed by atoms with Crippen molar-refractivity contribution in [2.45, 2.75) is 8.95 Å². The fourth-order valence-electron chi connectivity index (χ4n) is 1.58. The van der Waals surface area contributed by atoms with E-state index in [9.17, 15) is 12.8 Å². The van der Waals surface area contributed by atoms with E-state index < -0.39 is 18.8 Å². The van der Waals surface area contributed by atoms with Gasteiger partial charge in [0.15, 0.2) is 5.03 Å². The van der Waals surface area contributed by atoms with Crippen molar-refractivity contribution in [3.8, 4) is 11.3 Å². The van der Waals surface area contributed by atoms with Crippen molar-refractivity contribution >= 4 is 88.1 Å². The minimum atomic E-state index is -4.66. The molecule has 0 saturated carbocycles. The fraction of sp³-hybridized carbons (Fsp3) is 0.0909. The number of H-pyrrole nitrogens is 1. The Morgan fingerprint density at radius 3 is 2.18 bits per heavy atom. The summed E-state index contributed by atoms with van der Waals surface area (Å²) in [5.74, 6) is 0. The Labute approximate surface area is 162 Å². The summed E-state index contributed by atoms with van der Waals surface area (Å²) in [7, 11) is -4.66. The second kappa shape index (κ2) is 6.43. The molecule has 1 heterocycles. The van der Waals surface area contributed by atoms with Crippen molar-refractivity contribution in [2.24, 2.45) is 0 Å². The topological polar surface area (TPSA) is 49.9 Å². The number of nitrogens with one attached hydrogen (secondary N) is 1. The molecule has 0 unspecified atom stereocenters. The number of aromatic amines is 1. The summed E-state index contributed by atoms with van der Waals surface area (Å²) >= 11 is 28.2. The van der Waals surface area contributed by atoms with Crippen LogP contribution in [-0.4, -0.2) is 17.3 Å². The van der Waals surface area contributed by atoms with Crippen molar-refractivity contribution in [2.75, 3.05) is 0 Å². The van der Waals surface area contributed by atoms with Crippen molar-refractivity contribution in [3.05, 3.63) is 37.2 Å². The molecule has 2 aromatic rings. The number of hydrogen-bond acceptors (Lipinski definition) is 2. The lowest BCUT2D eigenvalue weighted by molar-refractivity contribution is 0.467. The molecular formula is C11H4Br2Cl4FNO2S. The Morgan fingerprint density at radius 1 is 1.09 bits per heavy atom. The quantitative estimate of drug-likeness (QED) is 0.467. The Balaban J connectivity index is 2.68. The van der Waals surface area contributed by atoms with E-state index in [0.717, 1.165) is 0 Å². The highest BCUT2D eigenvalue weighted by Crippen LogP contribution is 2.44. The standard InChI is InChI=1S/C11H4Br2Cl4FNO2S/c12-7-8(13)10(22(20,21)11(16,17)18)19-9(7)4-1-2-5(14)6(15)3-4/h1-3,19H. The van der Waals surface area contributed by atoms with Gasteiger partial charge >= 0.3 is 3.92 Å². The molecule has 0 atom stereocenters. The summed E-state index contributed by atoms with van der Waals surface area (Å²) in [6, 6.07) is 4.67. The number of rotatable bonds is 3. The third-order valence-electron chi connectivity index (χ3n) is 2.63. The third kappa shape index (κ3) is 3.31. The maximum atomic E-state index is 13.5. The van der Waals surface area contributed by atoms with Crippen LogP contribution in [0.1, 0.15) is 0 Å². The zero-order chi connectivity index (χ0) is 16.9. The summed E-state index contributed by atoms with van der Waals surface area (Å²) < 4.78 is 34.5. The Kier molecular flexibility index (Phi) is 5.50. The highest BCUT2D eigenvalue weighted by Gasteiger charge is 2.44. The largest absolute Gasteiger partial charge is 0.363 e. The van der Waals surface area contributed by atoms with Gasteiger partial charge in [-0.05, 0) is 67.2 Å². The van der Waals surface area contributed by atoms with E-state index in [-0.39, 0.29) is 9.50 Å². The molecule has 120 valence electrons. The van der Waals surface area contributed by atoms with Crippen LogP contribution in [0.15, 0.2) is 32.2 Å². The van der Waals surface area contributed by atoms with Crippen LogP contribution in [-0.2, 0) is 9.84 Å². The average molecular weight is 535 g/mol. The van der Waals surface area contributed by atoms with Crippen LogP contribution in [0.4, 0.5) is 4.39 Å². The van der Waals surface area contributed by atoms with Gasteiger partial charge in [0.1, 0.15) is 0 Å². The van der Waals surface area contributed by atoms with Crippen molar-refractivity contribution in [1.29, 1.82) is 0 Å². The highest BCUT2D eigenvalue weighted by atomic mass is 79.9. The summed E-state index contributed by atoms with van der Waals surface area (Å²) in [5, 5.41) is 0.105. The molecule has 3 nitrogen and oxygen atoms in total. The number of alkyl halides is 3. The summed E-state index contributed by atoms with van der Waals surface area (Å²) in [6.07, 6.45) is 0. The van der Waals surface area contributed by atoms with E-state index in [4.69, 9.17) is 46.4 Å². The number of halogens is 7. The third-order valence-corrected chi connectivity index (χ3v) is 8.42. The second-order valence-electron chi connectivity index (χ2n) is 4.04. The molecule has 0 amide bonds. The summed E-state index contributed by atoms with van der Waals surface area (Å²) in [4.78, 5) is 2.57. The van der Waals surface area contributed by atoms with Gasteiger partial charge in [0.2, 0.25) is 0 Å². The number of aromatic nitrogens is 1. The minimum absolute atomic E-state index is 0.0527. The fourth-order valence-corrected chi connectivity index (χ4v) is 4.75. The molecule has 0 spiro atoms. The molecule has 0 fully saturated rings. The van der Waals surface area contributed by atoms with E-state index in [1.54, 1.807) is 6.07 Å². The molecular weight excluding hydrogens is 531 g/mol. The van der Waals surface area contributed by atoms with Crippen LogP contribution in [0.25, 0.3) is 11.3 Å². The van der Waals surface area contributed by atoms with Gasteiger partial charge in [-0.3, -0.25) is 0 Å². The van der Waals surface area contributed by atoms with Crippen molar-refractivity contribution in [1.82, 2.24) is 4.98 Å². The molecule has 0 bridgehead atoms. The number of hydrogen-bond donors (Lipinski definition) is 1. The van der Waals surface area contributed by atoms with E-state index in [1.165, 1.54) is 12.1 Å². The first-order chi connectivity index (χ1) is 9.96. The zero-order valence-electron chi connectivity index (χ0n) is 10.1. The molecule has 0 aliphatic carbocycles. The second-order valence-corrected chi connectivity index (χ2v) is 10.1. The van der Waals surface area contributed by atoms with Gasteiger partial charge < -0.3 is 4.98 Å². The highest BCUT2D eigenvalue weighted by molar-refractivity contribution is 9.13. The molecule has 1 aromatic carbocycles. The smallest absolute Gasteiger partial charge is 0.344 e. The monoisotopic (exact) mass is 531 g/mol. The van der Waals surface area contributed by atoms with Gasteiger partial charge in [0.25, 0.3) is 9.84 Å². The lowest BCUT2D eigenvalue weighted by Crippen LogP contribution is -2.21. The molecule has 22 heavy (non-hydrogen) atoms. The van der Waals surface area contributed by atoms with Gasteiger partial charge in [-0.25, -0.2) is 8.42 Å². The van der Waals surface area contributed by atoms with Crippen LogP contribution in [0, 0.1) is 0 Å². The van der Waals surface area contributed by atoms with Crippen LogP contribution in [0.5, 0.6) is 0 Å². The normalized spacial score (nSPS) is 12.7. The first kappa shape index (κ1) is 18.8. The molecule has 11 heteroatoms. The Hall–Kier alpha value is 0.500. The van der Waals surface area contributed by atoms with Crippen LogP contribution in [0.2, 0.25) is 10.0 Å². The zero-order valence-corrected chi connectivity index (χ0v) is 17.1. The average Bonchev–Trinajstić information content (AvgIpc) is 2.69. The van der Waals surface area contributed by atoms with Gasteiger partial charge in [0.05, 0.1) is 24.7 Å². The van der Waals surface area contributed by atoms with Crippen molar-refractivity contribution < 1.29 is 12.8 Å². The lowest BCUT2D eigenvalue weighted by Gasteiger charge is -2.09. The summed E-state index contributed by atoms with van der Waals surface area (Å²) in [5.41, 5.74) is 0.860. The molecule has 0 saturated heterocycles. The molecule has 1 N–H and O–H groups in total. The predicted octanol–water partition coefficient (Wildman–Crippen LogP) is 6.35. The van der Waals surface area contributed by atoms with Gasteiger partial charge in [-0.1, -0.05) is 29.3 Å². The molecule has 1 aromatic heterocycles. The molecule has 0 aliphatic heterocycles. The Bertz CT molecular complexity index is 849. The first-order valence-electron chi connectivity index (χ1n) is 5.30. The van der Waals surface area contributed by atoms with E-state index in [2.05, 4.69) is 36.8 Å². The van der Waals surface area contributed by atoms with Gasteiger partial charge in [-0.15, -0.1) is 0 Å².